The summed E-state index contributed by atoms with van der Waals surface area (Å²) < 4.78 is 24.3. The number of anilines is 1. The van der Waals surface area contributed by atoms with E-state index in [2.05, 4.69) is 10.6 Å². The van der Waals surface area contributed by atoms with Crippen LogP contribution in [0.4, 0.5) is 10.1 Å². The van der Waals surface area contributed by atoms with Crippen LogP contribution >= 0.6 is 0 Å². The summed E-state index contributed by atoms with van der Waals surface area (Å²) in [7, 11) is 1.60. The number of carbonyl (C=O) groups excluding carboxylic acids is 2. The fourth-order valence-corrected chi connectivity index (χ4v) is 2.53. The summed E-state index contributed by atoms with van der Waals surface area (Å²) in [6.45, 7) is 2.77. The maximum Gasteiger partial charge on any atom is 0.265 e. The third kappa shape index (κ3) is 6.06. The maximum absolute atomic E-state index is 13.8. The van der Waals surface area contributed by atoms with E-state index in [4.69, 9.17) is 9.47 Å². The Morgan fingerprint density at radius 3 is 2.54 bits per heavy atom. The number of hydrogen-bond acceptors (Lipinski definition) is 4. The molecule has 2 rings (SSSR count). The quantitative estimate of drug-likeness (QED) is 0.612. The first-order chi connectivity index (χ1) is 13.6. The van der Waals surface area contributed by atoms with Crippen LogP contribution in [-0.4, -0.2) is 38.2 Å². The molecule has 6 nitrogen and oxygen atoms in total. The van der Waals surface area contributed by atoms with Gasteiger partial charge in [-0.05, 0) is 37.1 Å². The fraction of sp³-hybridized carbons (Fsp3) is 0.333. The summed E-state index contributed by atoms with van der Waals surface area (Å²) in [6, 6.07) is 12.6. The molecule has 0 saturated heterocycles. The second kappa shape index (κ2) is 11.0. The van der Waals surface area contributed by atoms with Gasteiger partial charge in [-0.25, -0.2) is 4.39 Å². The van der Waals surface area contributed by atoms with Gasteiger partial charge in [0.25, 0.3) is 11.8 Å². The van der Waals surface area contributed by atoms with Gasteiger partial charge in [0, 0.05) is 20.3 Å². The van der Waals surface area contributed by atoms with Crippen molar-refractivity contribution in [1.29, 1.82) is 0 Å². The van der Waals surface area contributed by atoms with Crippen LogP contribution in [0.25, 0.3) is 0 Å². The number of ether oxygens (including phenoxy) is 2. The van der Waals surface area contributed by atoms with E-state index in [1.807, 2.05) is 0 Å². The molecule has 0 aliphatic rings. The van der Waals surface area contributed by atoms with Crippen molar-refractivity contribution in [3.05, 3.63) is 59.9 Å². The normalized spacial score (nSPS) is 11.5. The average molecular weight is 388 g/mol. The van der Waals surface area contributed by atoms with E-state index in [9.17, 15) is 14.0 Å². The van der Waals surface area contributed by atoms with Crippen LogP contribution in [0.3, 0.4) is 0 Å². The smallest absolute Gasteiger partial charge is 0.265 e. The van der Waals surface area contributed by atoms with Crippen molar-refractivity contribution in [3.63, 3.8) is 0 Å². The van der Waals surface area contributed by atoms with E-state index in [-0.39, 0.29) is 11.7 Å². The van der Waals surface area contributed by atoms with Gasteiger partial charge in [0.2, 0.25) is 0 Å². The average Bonchev–Trinajstić information content (AvgIpc) is 2.70. The lowest BCUT2D eigenvalue weighted by molar-refractivity contribution is -0.122. The highest BCUT2D eigenvalue weighted by Crippen LogP contribution is 2.20. The van der Waals surface area contributed by atoms with E-state index in [1.165, 1.54) is 12.1 Å². The van der Waals surface area contributed by atoms with Crippen LogP contribution in [0, 0.1) is 5.82 Å². The molecule has 0 bridgehead atoms. The first kappa shape index (κ1) is 21.4. The van der Waals surface area contributed by atoms with Crippen molar-refractivity contribution in [2.24, 2.45) is 0 Å². The van der Waals surface area contributed by atoms with E-state index in [0.717, 1.165) is 0 Å². The Hall–Kier alpha value is -2.93. The van der Waals surface area contributed by atoms with Gasteiger partial charge in [0.1, 0.15) is 0 Å². The molecule has 28 heavy (non-hydrogen) atoms. The minimum Gasteiger partial charge on any atom is -0.478 e. The van der Waals surface area contributed by atoms with E-state index >= 15 is 0 Å². The van der Waals surface area contributed by atoms with Gasteiger partial charge in [-0.3, -0.25) is 9.59 Å². The van der Waals surface area contributed by atoms with Crippen molar-refractivity contribution in [2.75, 3.05) is 25.6 Å². The monoisotopic (exact) mass is 388 g/mol. The number of halogens is 1. The zero-order valence-electron chi connectivity index (χ0n) is 16.0. The van der Waals surface area contributed by atoms with Crippen molar-refractivity contribution in [3.8, 4) is 5.75 Å². The summed E-state index contributed by atoms with van der Waals surface area (Å²) >= 11 is 0. The molecule has 0 saturated carbocycles. The van der Waals surface area contributed by atoms with Crippen LogP contribution in [0.2, 0.25) is 0 Å². The molecule has 0 unspecified atom stereocenters. The largest absolute Gasteiger partial charge is 0.478 e. The zero-order valence-corrected chi connectivity index (χ0v) is 16.0. The Labute approximate surface area is 164 Å². The molecule has 7 heteroatoms. The lowest BCUT2D eigenvalue weighted by Gasteiger charge is -2.18. The molecule has 2 N–H and O–H groups in total. The molecule has 0 heterocycles. The number of amides is 2. The lowest BCUT2D eigenvalue weighted by Crippen LogP contribution is -2.34. The Kier molecular flexibility index (Phi) is 8.42. The van der Waals surface area contributed by atoms with Crippen LogP contribution in [-0.2, 0) is 9.53 Å². The summed E-state index contributed by atoms with van der Waals surface area (Å²) in [5.74, 6) is -1.28. The summed E-state index contributed by atoms with van der Waals surface area (Å²) in [4.78, 5) is 25.0. The van der Waals surface area contributed by atoms with Crippen LogP contribution in [0.1, 0.15) is 30.1 Å². The molecular formula is C21H25FN2O4. The molecule has 0 spiro atoms. The molecule has 0 aromatic heterocycles. The predicted octanol–water partition coefficient (Wildman–Crippen LogP) is 3.39. The van der Waals surface area contributed by atoms with Gasteiger partial charge in [-0.2, -0.15) is 0 Å². The minimum absolute atomic E-state index is 0.00803. The topological polar surface area (TPSA) is 76.7 Å². The molecule has 0 aliphatic carbocycles. The Bertz CT molecular complexity index is 797. The summed E-state index contributed by atoms with van der Waals surface area (Å²) in [6.07, 6.45) is 0.131. The first-order valence-electron chi connectivity index (χ1n) is 9.15. The number of para-hydroxylation sites is 2. The zero-order chi connectivity index (χ0) is 20.4. The molecule has 1 atom stereocenters. The number of rotatable bonds is 10. The summed E-state index contributed by atoms with van der Waals surface area (Å²) in [5.41, 5.74) is 0.710. The third-order valence-electron chi connectivity index (χ3n) is 4.01. The molecular weight excluding hydrogens is 363 g/mol. The summed E-state index contributed by atoms with van der Waals surface area (Å²) in [5, 5.41) is 5.50. The van der Waals surface area contributed by atoms with Gasteiger partial charge in [-0.15, -0.1) is 0 Å². The SMILES string of the molecule is CC[C@H](Oc1ccccc1F)C(=O)Nc1ccccc1C(=O)NCCCOC. The van der Waals surface area contributed by atoms with E-state index in [0.29, 0.717) is 37.2 Å². The van der Waals surface area contributed by atoms with Crippen molar-refractivity contribution < 1.29 is 23.5 Å². The van der Waals surface area contributed by atoms with Crippen LogP contribution in [0.5, 0.6) is 5.75 Å². The highest BCUT2D eigenvalue weighted by atomic mass is 19.1. The van der Waals surface area contributed by atoms with Crippen molar-refractivity contribution in [1.82, 2.24) is 5.32 Å². The Balaban J connectivity index is 2.06. The molecule has 0 fully saturated rings. The molecule has 2 aromatic carbocycles. The number of methoxy groups -OCH3 is 1. The molecule has 0 radical (unpaired) electrons. The number of carbonyl (C=O) groups is 2. The Morgan fingerprint density at radius 2 is 1.82 bits per heavy atom. The second-order valence-corrected chi connectivity index (χ2v) is 6.08. The highest BCUT2D eigenvalue weighted by Gasteiger charge is 2.22. The molecule has 2 aromatic rings. The van der Waals surface area contributed by atoms with E-state index in [1.54, 1.807) is 50.4 Å². The lowest BCUT2D eigenvalue weighted by atomic mass is 10.1. The maximum atomic E-state index is 13.8. The van der Waals surface area contributed by atoms with Gasteiger partial charge in [0.15, 0.2) is 17.7 Å². The van der Waals surface area contributed by atoms with Gasteiger partial charge in [0.05, 0.1) is 11.3 Å². The van der Waals surface area contributed by atoms with Gasteiger partial charge < -0.3 is 20.1 Å². The molecule has 0 aliphatic heterocycles. The van der Waals surface area contributed by atoms with Crippen LogP contribution < -0.4 is 15.4 Å². The first-order valence-corrected chi connectivity index (χ1v) is 9.15. The predicted molar refractivity (Wildman–Crippen MR) is 105 cm³/mol. The van der Waals surface area contributed by atoms with Crippen molar-refractivity contribution >= 4 is 17.5 Å². The minimum atomic E-state index is -0.894. The number of nitrogens with one attached hydrogen (secondary N) is 2. The molecule has 150 valence electrons. The number of benzene rings is 2. The van der Waals surface area contributed by atoms with Gasteiger partial charge in [-0.1, -0.05) is 31.2 Å². The van der Waals surface area contributed by atoms with Crippen LogP contribution in [0.15, 0.2) is 48.5 Å². The third-order valence-corrected chi connectivity index (χ3v) is 4.01. The highest BCUT2D eigenvalue weighted by molar-refractivity contribution is 6.04. The number of hydrogen-bond donors (Lipinski definition) is 2. The fourth-order valence-electron chi connectivity index (χ4n) is 2.53. The standard InChI is InChI=1S/C21H25FN2O4/c1-3-18(28-19-12-7-5-10-16(19)22)21(26)24-17-11-6-4-9-15(17)20(25)23-13-8-14-27-2/h4-7,9-12,18H,3,8,13-14H2,1-2H3,(H,23,25)(H,24,26)/t18-/m0/s1. The Morgan fingerprint density at radius 1 is 1.11 bits per heavy atom. The van der Waals surface area contributed by atoms with Crippen molar-refractivity contribution in [2.45, 2.75) is 25.9 Å². The van der Waals surface area contributed by atoms with Gasteiger partial charge >= 0.3 is 0 Å². The molecule has 2 amide bonds. The van der Waals surface area contributed by atoms with E-state index < -0.39 is 17.8 Å². The second-order valence-electron chi connectivity index (χ2n) is 6.08.